The number of para-hydroxylation sites is 1. The number of carbonyl (C=O) groups is 2. The first kappa shape index (κ1) is 26.9. The number of ketones is 1. The van der Waals surface area contributed by atoms with E-state index in [9.17, 15) is 14.7 Å². The zero-order valence-electron chi connectivity index (χ0n) is 22.8. The minimum atomic E-state index is -0.930. The molecule has 8 nitrogen and oxygen atoms in total. The highest BCUT2D eigenvalue weighted by Crippen LogP contribution is 2.44. The maximum atomic E-state index is 13.9. The van der Waals surface area contributed by atoms with E-state index in [0.29, 0.717) is 32.4 Å². The molecule has 0 saturated heterocycles. The number of furan rings is 1. The number of rotatable bonds is 8. The number of aromatic nitrogens is 2. The van der Waals surface area contributed by atoms with Crippen LogP contribution in [0.5, 0.6) is 5.75 Å². The summed E-state index contributed by atoms with van der Waals surface area (Å²) in [7, 11) is 1.52. The highest BCUT2D eigenvalue weighted by Gasteiger charge is 2.46. The number of ether oxygens (including phenoxy) is 1. The van der Waals surface area contributed by atoms with Crippen molar-refractivity contribution in [2.24, 2.45) is 0 Å². The van der Waals surface area contributed by atoms with Crippen molar-refractivity contribution in [2.75, 3.05) is 12.0 Å². The Morgan fingerprint density at radius 2 is 1.72 bits per heavy atom. The van der Waals surface area contributed by atoms with Crippen LogP contribution in [0, 0.1) is 0 Å². The number of aliphatic hydroxyl groups is 1. The summed E-state index contributed by atoms with van der Waals surface area (Å²) in [4.78, 5) is 28.9. The molecule has 7 rings (SSSR count). The molecule has 2 aromatic heterocycles. The van der Waals surface area contributed by atoms with Crippen molar-refractivity contribution >= 4 is 61.7 Å². The van der Waals surface area contributed by atoms with Crippen molar-refractivity contribution in [2.45, 2.75) is 16.1 Å². The Kier molecular flexibility index (Phi) is 6.92. The van der Waals surface area contributed by atoms with Crippen molar-refractivity contribution in [3.8, 4) is 5.75 Å². The molecule has 1 N–H and O–H groups in total. The summed E-state index contributed by atoms with van der Waals surface area (Å²) in [5.41, 5.74) is 2.11. The van der Waals surface area contributed by atoms with Crippen molar-refractivity contribution in [3.63, 3.8) is 0 Å². The lowest BCUT2D eigenvalue weighted by atomic mass is 9.95. The summed E-state index contributed by atoms with van der Waals surface area (Å²) < 4.78 is 11.9. The predicted molar refractivity (Wildman–Crippen MR) is 167 cm³/mol. The zero-order chi connectivity index (χ0) is 29.5. The maximum absolute atomic E-state index is 13.9. The molecule has 0 aliphatic carbocycles. The molecule has 0 fully saturated rings. The van der Waals surface area contributed by atoms with Gasteiger partial charge in [0.1, 0.15) is 0 Å². The van der Waals surface area contributed by atoms with Gasteiger partial charge in [-0.1, -0.05) is 108 Å². The lowest BCUT2D eigenvalue weighted by Gasteiger charge is -2.23. The number of aliphatic hydroxyl groups excluding tert-OH is 1. The minimum absolute atomic E-state index is 0.0137. The van der Waals surface area contributed by atoms with Gasteiger partial charge >= 0.3 is 0 Å². The summed E-state index contributed by atoms with van der Waals surface area (Å²) in [6.45, 7) is 0. The van der Waals surface area contributed by atoms with E-state index in [2.05, 4.69) is 34.5 Å². The molecule has 10 heteroatoms. The van der Waals surface area contributed by atoms with Crippen LogP contribution in [-0.4, -0.2) is 34.1 Å². The van der Waals surface area contributed by atoms with Gasteiger partial charge in [-0.25, -0.2) is 0 Å². The number of thioether (sulfide) groups is 1. The third-order valence-electron chi connectivity index (χ3n) is 7.35. The summed E-state index contributed by atoms with van der Waals surface area (Å²) >= 11 is 2.75. The van der Waals surface area contributed by atoms with E-state index in [1.807, 2.05) is 36.4 Å². The first-order valence-electron chi connectivity index (χ1n) is 13.4. The molecule has 212 valence electrons. The summed E-state index contributed by atoms with van der Waals surface area (Å²) in [5.74, 6) is -0.856. The Morgan fingerprint density at radius 3 is 2.56 bits per heavy atom. The molecule has 1 aliphatic rings. The molecule has 1 atom stereocenters. The fourth-order valence-corrected chi connectivity index (χ4v) is 7.21. The lowest BCUT2D eigenvalue weighted by molar-refractivity contribution is -0.117. The molecule has 0 spiro atoms. The van der Waals surface area contributed by atoms with Crippen LogP contribution >= 0.6 is 23.1 Å². The van der Waals surface area contributed by atoms with Crippen LogP contribution in [0.4, 0.5) is 5.13 Å². The van der Waals surface area contributed by atoms with Gasteiger partial charge in [0.05, 0.1) is 18.7 Å². The molecular weight excluding hydrogens is 583 g/mol. The number of fused-ring (bicyclic) bond motifs is 2. The van der Waals surface area contributed by atoms with Gasteiger partial charge < -0.3 is 14.3 Å². The minimum Gasteiger partial charge on any atom is -0.503 e. The topological polar surface area (TPSA) is 106 Å². The van der Waals surface area contributed by atoms with E-state index in [1.54, 1.807) is 36.4 Å². The molecule has 6 aromatic rings. The van der Waals surface area contributed by atoms with Crippen LogP contribution in [0.2, 0.25) is 0 Å². The first-order chi connectivity index (χ1) is 21.0. The number of hydrogen-bond acceptors (Lipinski definition) is 9. The van der Waals surface area contributed by atoms with Crippen molar-refractivity contribution < 1.29 is 23.8 Å². The van der Waals surface area contributed by atoms with E-state index in [-0.39, 0.29) is 16.5 Å². The van der Waals surface area contributed by atoms with Gasteiger partial charge in [-0.15, -0.1) is 10.2 Å². The van der Waals surface area contributed by atoms with Crippen molar-refractivity contribution in [3.05, 3.63) is 125 Å². The van der Waals surface area contributed by atoms with E-state index < -0.39 is 23.5 Å². The number of carbonyl (C=O) groups excluding carboxylic acids is 2. The van der Waals surface area contributed by atoms with E-state index in [4.69, 9.17) is 9.15 Å². The van der Waals surface area contributed by atoms with Crippen molar-refractivity contribution in [1.82, 2.24) is 10.2 Å². The first-order valence-corrected chi connectivity index (χ1v) is 15.2. The van der Waals surface area contributed by atoms with Crippen LogP contribution in [0.3, 0.4) is 0 Å². The van der Waals surface area contributed by atoms with Gasteiger partial charge in [0.25, 0.3) is 5.91 Å². The van der Waals surface area contributed by atoms with Gasteiger partial charge in [0.15, 0.2) is 27.2 Å². The second-order valence-corrected chi connectivity index (χ2v) is 12.0. The number of hydrogen-bond donors (Lipinski definition) is 1. The largest absolute Gasteiger partial charge is 0.503 e. The second-order valence-electron chi connectivity index (χ2n) is 9.85. The van der Waals surface area contributed by atoms with E-state index in [1.165, 1.54) is 40.5 Å². The third-order valence-corrected chi connectivity index (χ3v) is 9.46. The number of methoxy groups -OCH3 is 1. The van der Waals surface area contributed by atoms with Crippen LogP contribution in [0.15, 0.2) is 117 Å². The molecule has 0 saturated carbocycles. The molecule has 1 amide bonds. The van der Waals surface area contributed by atoms with Gasteiger partial charge in [0.2, 0.25) is 10.9 Å². The molecule has 0 bridgehead atoms. The maximum Gasteiger partial charge on any atom is 0.296 e. The molecule has 1 unspecified atom stereocenters. The smallest absolute Gasteiger partial charge is 0.296 e. The summed E-state index contributed by atoms with van der Waals surface area (Å²) in [6, 6.07) is 29.4. The number of benzene rings is 4. The number of amides is 1. The van der Waals surface area contributed by atoms with Gasteiger partial charge in [-0.3, -0.25) is 14.5 Å². The Labute approximate surface area is 254 Å². The zero-order valence-corrected chi connectivity index (χ0v) is 24.4. The normalized spacial score (nSPS) is 15.1. The molecule has 1 aliphatic heterocycles. The number of nitrogens with zero attached hydrogens (tertiary/aromatic N) is 3. The van der Waals surface area contributed by atoms with Crippen LogP contribution in [0.1, 0.15) is 27.7 Å². The average Bonchev–Trinajstić information content (AvgIpc) is 3.76. The van der Waals surface area contributed by atoms with Crippen molar-refractivity contribution in [1.29, 1.82) is 0 Å². The Balaban J connectivity index is 1.22. The standard InChI is InChI=1S/C33H23N3O5S2/c1-40-24-16-8-13-21-17-25(41-30(21)24)28(37)26-27(20-10-3-2-4-11-20)36(31(39)29(26)38)32-34-35-33(43-32)42-18-22-14-7-12-19-9-5-6-15-23(19)22/h2-17,27,38H,18H2,1H3. The number of Topliss-reactive ketones (excluding diaryl/α,β-unsaturated/α-hetero) is 1. The quantitative estimate of drug-likeness (QED) is 0.108. The Morgan fingerprint density at radius 1 is 0.977 bits per heavy atom. The summed E-state index contributed by atoms with van der Waals surface area (Å²) in [5, 5.41) is 23.1. The van der Waals surface area contributed by atoms with E-state index in [0.717, 1.165) is 10.9 Å². The molecule has 43 heavy (non-hydrogen) atoms. The SMILES string of the molecule is COc1cccc2cc(C(=O)C3=C(O)C(=O)N(c4nnc(SCc5cccc6ccccc56)s4)C3c3ccccc3)oc12. The third kappa shape index (κ3) is 4.74. The van der Waals surface area contributed by atoms with Gasteiger partial charge in [-0.05, 0) is 34.0 Å². The fraction of sp³-hybridized carbons (Fsp3) is 0.0909. The number of anilines is 1. The van der Waals surface area contributed by atoms with E-state index >= 15 is 0 Å². The summed E-state index contributed by atoms with van der Waals surface area (Å²) in [6.07, 6.45) is 0. The van der Waals surface area contributed by atoms with Gasteiger partial charge in [-0.2, -0.15) is 0 Å². The lowest BCUT2D eigenvalue weighted by Crippen LogP contribution is -2.31. The molecular formula is C33H23N3O5S2. The Hall–Kier alpha value is -4.93. The fourth-order valence-electron chi connectivity index (χ4n) is 5.34. The van der Waals surface area contributed by atoms with Crippen LogP contribution in [0.25, 0.3) is 21.7 Å². The van der Waals surface area contributed by atoms with Crippen LogP contribution in [-0.2, 0) is 10.5 Å². The van der Waals surface area contributed by atoms with Crippen LogP contribution < -0.4 is 9.64 Å². The molecule has 0 radical (unpaired) electrons. The predicted octanol–water partition coefficient (Wildman–Crippen LogP) is 7.52. The molecule has 4 aromatic carbocycles. The second kappa shape index (κ2) is 11.0. The highest BCUT2D eigenvalue weighted by molar-refractivity contribution is 8.00. The average molecular weight is 606 g/mol. The van der Waals surface area contributed by atoms with Gasteiger partial charge in [0, 0.05) is 11.1 Å². The Bertz CT molecular complexity index is 2040. The highest BCUT2D eigenvalue weighted by atomic mass is 32.2. The molecule has 3 heterocycles. The monoisotopic (exact) mass is 605 g/mol.